The minimum Gasteiger partial charge on any atom is -0.478 e. The first-order valence-corrected chi connectivity index (χ1v) is 5.53. The molecule has 0 aliphatic carbocycles. The molecule has 1 atom stereocenters. The number of nitrogens with zero attached hydrogens (tertiary/aromatic N) is 1. The van der Waals surface area contributed by atoms with Crippen molar-refractivity contribution in [3.05, 3.63) is 23.5 Å². The average molecular weight is 238 g/mol. The van der Waals surface area contributed by atoms with E-state index in [0.29, 0.717) is 12.2 Å². The lowest BCUT2D eigenvalue weighted by Crippen LogP contribution is -2.25. The first-order valence-electron chi connectivity index (χ1n) is 5.53. The Morgan fingerprint density at radius 1 is 1.53 bits per heavy atom. The molecule has 0 bridgehead atoms. The van der Waals surface area contributed by atoms with E-state index in [1.807, 2.05) is 13.8 Å². The molecule has 0 aliphatic rings. The van der Waals surface area contributed by atoms with Crippen LogP contribution in [0.15, 0.2) is 12.3 Å². The fraction of sp³-hybridized carbons (Fsp3) is 0.500. The van der Waals surface area contributed by atoms with Crippen molar-refractivity contribution in [2.75, 3.05) is 11.9 Å². The summed E-state index contributed by atoms with van der Waals surface area (Å²) in [7, 11) is 0. The maximum Gasteiger partial charge on any atom is 0.339 e. The third-order valence-corrected chi connectivity index (χ3v) is 2.54. The zero-order valence-electron chi connectivity index (χ0n) is 10.3. The molecule has 0 aromatic carbocycles. The normalized spacial score (nSPS) is 12.5. The highest BCUT2D eigenvalue weighted by Gasteiger charge is 2.13. The first-order chi connectivity index (χ1) is 7.91. The Kier molecular flexibility index (Phi) is 4.45. The molecule has 5 nitrogen and oxygen atoms in total. The van der Waals surface area contributed by atoms with E-state index in [1.54, 1.807) is 13.0 Å². The van der Waals surface area contributed by atoms with Gasteiger partial charge in [-0.15, -0.1) is 0 Å². The van der Waals surface area contributed by atoms with Gasteiger partial charge < -0.3 is 15.5 Å². The molecule has 0 radical (unpaired) electrons. The molecule has 1 aromatic heterocycles. The largest absolute Gasteiger partial charge is 0.478 e. The molecule has 0 amide bonds. The number of aliphatic hydroxyl groups is 1. The number of anilines is 1. The summed E-state index contributed by atoms with van der Waals surface area (Å²) in [5.74, 6) is -0.905. The number of aliphatic hydroxyl groups excluding tert-OH is 1. The Morgan fingerprint density at radius 3 is 2.71 bits per heavy atom. The van der Waals surface area contributed by atoms with E-state index < -0.39 is 12.1 Å². The maximum atomic E-state index is 11.0. The molecule has 0 spiro atoms. The molecular weight excluding hydrogens is 220 g/mol. The Hall–Kier alpha value is -1.62. The number of hydrogen-bond acceptors (Lipinski definition) is 4. The lowest BCUT2D eigenvalue weighted by molar-refractivity contribution is 0.0697. The zero-order valence-corrected chi connectivity index (χ0v) is 10.3. The van der Waals surface area contributed by atoms with Gasteiger partial charge in [-0.05, 0) is 18.9 Å². The fourth-order valence-electron chi connectivity index (χ4n) is 1.33. The van der Waals surface area contributed by atoms with Crippen molar-refractivity contribution in [1.82, 2.24) is 4.98 Å². The van der Waals surface area contributed by atoms with Crippen LogP contribution in [0.5, 0.6) is 0 Å². The van der Waals surface area contributed by atoms with Crippen molar-refractivity contribution in [3.8, 4) is 0 Å². The molecule has 1 rings (SSSR count). The van der Waals surface area contributed by atoms with E-state index in [2.05, 4.69) is 10.3 Å². The van der Waals surface area contributed by atoms with Gasteiger partial charge in [0.25, 0.3) is 0 Å². The Bertz CT molecular complexity index is 405. The summed E-state index contributed by atoms with van der Waals surface area (Å²) in [4.78, 5) is 14.9. The molecule has 0 aliphatic heterocycles. The van der Waals surface area contributed by atoms with Crippen LogP contribution in [0.2, 0.25) is 0 Å². The summed E-state index contributed by atoms with van der Waals surface area (Å²) in [6.07, 6.45) is 0.812. The SMILES string of the molecule is Cc1cc(NCC(O)C(C)C)c(C(=O)O)cn1. The van der Waals surface area contributed by atoms with E-state index in [9.17, 15) is 9.90 Å². The van der Waals surface area contributed by atoms with Gasteiger partial charge in [0.2, 0.25) is 0 Å². The van der Waals surface area contributed by atoms with Crippen LogP contribution >= 0.6 is 0 Å². The second-order valence-electron chi connectivity index (χ2n) is 4.37. The van der Waals surface area contributed by atoms with Gasteiger partial charge in [-0.25, -0.2) is 4.79 Å². The van der Waals surface area contributed by atoms with Crippen LogP contribution in [0.3, 0.4) is 0 Å². The van der Waals surface area contributed by atoms with Crippen LogP contribution in [0.4, 0.5) is 5.69 Å². The molecule has 0 saturated carbocycles. The first kappa shape index (κ1) is 13.4. The van der Waals surface area contributed by atoms with Crippen LogP contribution in [0.1, 0.15) is 29.9 Å². The van der Waals surface area contributed by atoms with Crippen LogP contribution in [-0.4, -0.2) is 33.8 Å². The van der Waals surface area contributed by atoms with E-state index in [-0.39, 0.29) is 11.5 Å². The molecule has 1 heterocycles. The van der Waals surface area contributed by atoms with Crippen molar-refractivity contribution in [1.29, 1.82) is 0 Å². The highest BCUT2D eigenvalue weighted by molar-refractivity contribution is 5.93. The maximum absolute atomic E-state index is 11.0. The lowest BCUT2D eigenvalue weighted by Gasteiger charge is -2.17. The monoisotopic (exact) mass is 238 g/mol. The van der Waals surface area contributed by atoms with Gasteiger partial charge in [-0.3, -0.25) is 4.98 Å². The van der Waals surface area contributed by atoms with Gasteiger partial charge in [-0.1, -0.05) is 13.8 Å². The van der Waals surface area contributed by atoms with E-state index in [4.69, 9.17) is 5.11 Å². The van der Waals surface area contributed by atoms with E-state index in [0.717, 1.165) is 5.69 Å². The Morgan fingerprint density at radius 2 is 2.18 bits per heavy atom. The number of carboxylic acid groups (broad SMARTS) is 1. The topological polar surface area (TPSA) is 82.5 Å². The van der Waals surface area contributed by atoms with E-state index in [1.165, 1.54) is 6.20 Å². The molecule has 3 N–H and O–H groups in total. The van der Waals surface area contributed by atoms with Crippen LogP contribution in [-0.2, 0) is 0 Å². The summed E-state index contributed by atoms with van der Waals surface area (Å²) >= 11 is 0. The number of aromatic carboxylic acids is 1. The van der Waals surface area contributed by atoms with Crippen LogP contribution < -0.4 is 5.32 Å². The van der Waals surface area contributed by atoms with Crippen molar-refractivity contribution in [2.45, 2.75) is 26.9 Å². The van der Waals surface area contributed by atoms with E-state index >= 15 is 0 Å². The minimum atomic E-state index is -1.03. The molecule has 1 unspecified atom stereocenters. The second kappa shape index (κ2) is 5.63. The predicted octanol–water partition coefficient (Wildman–Crippen LogP) is 1.52. The van der Waals surface area contributed by atoms with Crippen molar-refractivity contribution in [2.24, 2.45) is 5.92 Å². The van der Waals surface area contributed by atoms with Gasteiger partial charge in [0.1, 0.15) is 5.56 Å². The van der Waals surface area contributed by atoms with Gasteiger partial charge in [0.05, 0.1) is 11.8 Å². The number of pyridine rings is 1. The Balaban J connectivity index is 2.82. The standard InChI is InChI=1S/C12H18N2O3/c1-7(2)11(15)6-14-10-4-8(3)13-5-9(10)12(16)17/h4-5,7,11,15H,6H2,1-3H3,(H,13,14)(H,16,17). The summed E-state index contributed by atoms with van der Waals surface area (Å²) in [5, 5.41) is 21.6. The van der Waals surface area contributed by atoms with Gasteiger partial charge in [-0.2, -0.15) is 0 Å². The molecule has 17 heavy (non-hydrogen) atoms. The number of nitrogens with one attached hydrogen (secondary N) is 1. The molecule has 94 valence electrons. The number of carbonyl (C=O) groups is 1. The number of rotatable bonds is 5. The Labute approximate surface area is 101 Å². The number of aromatic nitrogens is 1. The second-order valence-corrected chi connectivity index (χ2v) is 4.37. The van der Waals surface area contributed by atoms with Gasteiger partial charge >= 0.3 is 5.97 Å². The smallest absolute Gasteiger partial charge is 0.339 e. The molecule has 1 aromatic rings. The summed E-state index contributed by atoms with van der Waals surface area (Å²) in [6, 6.07) is 1.66. The third kappa shape index (κ3) is 3.71. The lowest BCUT2D eigenvalue weighted by atomic mass is 10.1. The number of hydrogen-bond donors (Lipinski definition) is 3. The minimum absolute atomic E-state index is 0.117. The van der Waals surface area contributed by atoms with Gasteiger partial charge in [0, 0.05) is 18.4 Å². The van der Waals surface area contributed by atoms with Crippen molar-refractivity contribution in [3.63, 3.8) is 0 Å². The molecule has 5 heteroatoms. The van der Waals surface area contributed by atoms with Crippen LogP contribution in [0, 0.1) is 12.8 Å². The summed E-state index contributed by atoms with van der Waals surface area (Å²) < 4.78 is 0. The molecule has 0 saturated heterocycles. The third-order valence-electron chi connectivity index (χ3n) is 2.54. The predicted molar refractivity (Wildman–Crippen MR) is 65.3 cm³/mol. The molecular formula is C12H18N2O3. The average Bonchev–Trinajstić information content (AvgIpc) is 2.25. The highest BCUT2D eigenvalue weighted by Crippen LogP contribution is 2.16. The van der Waals surface area contributed by atoms with Crippen molar-refractivity contribution < 1.29 is 15.0 Å². The zero-order chi connectivity index (χ0) is 13.0. The molecule has 0 fully saturated rings. The fourth-order valence-corrected chi connectivity index (χ4v) is 1.33. The van der Waals surface area contributed by atoms with Crippen LogP contribution in [0.25, 0.3) is 0 Å². The number of aryl methyl sites for hydroxylation is 1. The summed E-state index contributed by atoms with van der Waals surface area (Å²) in [6.45, 7) is 5.92. The highest BCUT2D eigenvalue weighted by atomic mass is 16.4. The van der Waals surface area contributed by atoms with Crippen molar-refractivity contribution >= 4 is 11.7 Å². The quantitative estimate of drug-likeness (QED) is 0.724. The van der Waals surface area contributed by atoms with Gasteiger partial charge in [0.15, 0.2) is 0 Å². The number of carboxylic acids is 1. The summed E-state index contributed by atoms with van der Waals surface area (Å²) in [5.41, 5.74) is 1.34.